The highest BCUT2D eigenvalue weighted by atomic mass is 79.9. The van der Waals surface area contributed by atoms with Gasteiger partial charge in [-0.1, -0.05) is 42.6 Å². The van der Waals surface area contributed by atoms with Gasteiger partial charge in [0, 0.05) is 11.8 Å². The summed E-state index contributed by atoms with van der Waals surface area (Å²) in [6.07, 6.45) is 3.87. The van der Waals surface area contributed by atoms with Gasteiger partial charge in [-0.2, -0.15) is 0 Å². The van der Waals surface area contributed by atoms with E-state index in [-0.39, 0.29) is 23.4 Å². The van der Waals surface area contributed by atoms with Crippen LogP contribution in [0.2, 0.25) is 0 Å². The second-order valence-corrected chi connectivity index (χ2v) is 6.02. The van der Waals surface area contributed by atoms with Gasteiger partial charge in [-0.15, -0.1) is 0 Å². The summed E-state index contributed by atoms with van der Waals surface area (Å²) >= 11 is 3.05. The molecule has 5 nitrogen and oxygen atoms in total. The Balaban J connectivity index is 2.76. The van der Waals surface area contributed by atoms with E-state index in [0.29, 0.717) is 30.4 Å². The number of hydrogen-bond donors (Lipinski definition) is 1. The maximum atomic E-state index is 11.8. The smallest absolute Gasteiger partial charge is 0.231 e. The van der Waals surface area contributed by atoms with Gasteiger partial charge in [-0.05, 0) is 25.0 Å². The van der Waals surface area contributed by atoms with Crippen LogP contribution in [0.4, 0.5) is 5.69 Å². The highest BCUT2D eigenvalue weighted by Gasteiger charge is 2.11. The first-order valence-electron chi connectivity index (χ1n) is 8.37. The topological polar surface area (TPSA) is 64.6 Å². The molecule has 0 radical (unpaired) electrons. The first-order chi connectivity index (χ1) is 11.6. The standard InChI is InChI=1S/C18H26BrNO4/c1-3-5-9-23-16-8-7-14(11-17(16)24-10-6-4-2)20-18(22)12-15(21)13-19/h7-8,11H,3-6,9-10,12-13H2,1-2H3,(H,20,22). The Morgan fingerprint density at radius 1 is 1.04 bits per heavy atom. The number of amides is 1. The van der Waals surface area contributed by atoms with E-state index >= 15 is 0 Å². The van der Waals surface area contributed by atoms with E-state index in [1.807, 2.05) is 0 Å². The van der Waals surface area contributed by atoms with Gasteiger partial charge in [0.15, 0.2) is 17.3 Å². The van der Waals surface area contributed by atoms with Crippen molar-refractivity contribution in [1.82, 2.24) is 0 Å². The van der Waals surface area contributed by atoms with Crippen LogP contribution in [0, 0.1) is 0 Å². The van der Waals surface area contributed by atoms with Crippen LogP contribution >= 0.6 is 15.9 Å². The van der Waals surface area contributed by atoms with E-state index in [9.17, 15) is 9.59 Å². The van der Waals surface area contributed by atoms with Gasteiger partial charge in [0.25, 0.3) is 0 Å². The second-order valence-electron chi connectivity index (χ2n) is 5.46. The predicted octanol–water partition coefficient (Wildman–Crippen LogP) is 4.34. The molecule has 0 heterocycles. The van der Waals surface area contributed by atoms with Crippen molar-refractivity contribution in [3.63, 3.8) is 0 Å². The fraction of sp³-hybridized carbons (Fsp3) is 0.556. The molecule has 0 aliphatic rings. The summed E-state index contributed by atoms with van der Waals surface area (Å²) in [5, 5.41) is 2.89. The predicted molar refractivity (Wildman–Crippen MR) is 99.3 cm³/mol. The molecule has 134 valence electrons. The van der Waals surface area contributed by atoms with E-state index in [2.05, 4.69) is 35.1 Å². The Bertz CT molecular complexity index is 534. The number of rotatable bonds is 12. The maximum absolute atomic E-state index is 11.8. The quantitative estimate of drug-likeness (QED) is 0.322. The molecule has 0 saturated heterocycles. The molecular weight excluding hydrogens is 374 g/mol. The summed E-state index contributed by atoms with van der Waals surface area (Å²) in [7, 11) is 0. The third-order valence-electron chi connectivity index (χ3n) is 3.25. The van der Waals surface area contributed by atoms with Crippen molar-refractivity contribution in [3.8, 4) is 11.5 Å². The third-order valence-corrected chi connectivity index (χ3v) is 3.87. The van der Waals surface area contributed by atoms with Crippen molar-refractivity contribution in [2.24, 2.45) is 0 Å². The van der Waals surface area contributed by atoms with E-state index in [1.54, 1.807) is 18.2 Å². The molecule has 1 rings (SSSR count). The van der Waals surface area contributed by atoms with Gasteiger partial charge in [-0.25, -0.2) is 0 Å². The number of alkyl halides is 1. The van der Waals surface area contributed by atoms with E-state index in [4.69, 9.17) is 9.47 Å². The first kappa shape index (κ1) is 20.5. The molecule has 0 atom stereocenters. The molecule has 0 spiro atoms. The lowest BCUT2D eigenvalue weighted by Crippen LogP contribution is -2.17. The maximum Gasteiger partial charge on any atom is 0.231 e. The Kier molecular flexibility index (Phi) is 10.2. The monoisotopic (exact) mass is 399 g/mol. The summed E-state index contributed by atoms with van der Waals surface area (Å²) in [5.41, 5.74) is 0.594. The lowest BCUT2D eigenvalue weighted by Gasteiger charge is -2.14. The molecule has 0 fully saturated rings. The van der Waals surface area contributed by atoms with Gasteiger partial charge >= 0.3 is 0 Å². The van der Waals surface area contributed by atoms with Crippen LogP contribution in [0.1, 0.15) is 46.0 Å². The highest BCUT2D eigenvalue weighted by Crippen LogP contribution is 2.31. The Morgan fingerprint density at radius 3 is 2.25 bits per heavy atom. The van der Waals surface area contributed by atoms with Crippen LogP contribution in [-0.2, 0) is 9.59 Å². The minimum atomic E-state index is -0.335. The van der Waals surface area contributed by atoms with Crippen molar-refractivity contribution in [2.75, 3.05) is 23.9 Å². The number of carbonyl (C=O) groups is 2. The average molecular weight is 400 g/mol. The number of hydrogen-bond acceptors (Lipinski definition) is 4. The highest BCUT2D eigenvalue weighted by molar-refractivity contribution is 9.09. The fourth-order valence-corrected chi connectivity index (χ4v) is 2.10. The first-order valence-corrected chi connectivity index (χ1v) is 9.50. The minimum absolute atomic E-state index is 0.147. The molecule has 0 saturated carbocycles. The van der Waals surface area contributed by atoms with Crippen LogP contribution in [-0.4, -0.2) is 30.2 Å². The normalized spacial score (nSPS) is 10.3. The molecule has 1 aromatic rings. The molecule has 1 N–H and O–H groups in total. The van der Waals surface area contributed by atoms with Gasteiger partial charge in [0.05, 0.1) is 25.0 Å². The number of nitrogens with one attached hydrogen (secondary N) is 1. The molecule has 0 unspecified atom stereocenters. The molecule has 1 aromatic carbocycles. The van der Waals surface area contributed by atoms with E-state index < -0.39 is 0 Å². The van der Waals surface area contributed by atoms with E-state index in [0.717, 1.165) is 25.7 Å². The average Bonchev–Trinajstić information content (AvgIpc) is 2.56. The van der Waals surface area contributed by atoms with Gasteiger partial charge in [0.2, 0.25) is 5.91 Å². The molecule has 0 aliphatic carbocycles. The van der Waals surface area contributed by atoms with Crippen molar-refractivity contribution in [2.45, 2.75) is 46.0 Å². The van der Waals surface area contributed by atoms with Crippen molar-refractivity contribution in [3.05, 3.63) is 18.2 Å². The summed E-state index contributed by atoms with van der Waals surface area (Å²) in [4.78, 5) is 23.1. The lowest BCUT2D eigenvalue weighted by molar-refractivity contribution is -0.123. The number of ketones is 1. The summed E-state index contributed by atoms with van der Waals surface area (Å²) in [6.45, 7) is 5.43. The van der Waals surface area contributed by atoms with Crippen LogP contribution in [0.15, 0.2) is 18.2 Å². The summed E-state index contributed by atoms with van der Waals surface area (Å²) < 4.78 is 11.5. The molecule has 6 heteroatoms. The zero-order valence-electron chi connectivity index (χ0n) is 14.4. The fourth-order valence-electron chi connectivity index (χ4n) is 1.90. The minimum Gasteiger partial charge on any atom is -0.490 e. The molecule has 0 bridgehead atoms. The lowest BCUT2D eigenvalue weighted by atomic mass is 10.2. The van der Waals surface area contributed by atoms with E-state index in [1.165, 1.54) is 0 Å². The molecule has 0 aromatic heterocycles. The van der Waals surface area contributed by atoms with Crippen LogP contribution < -0.4 is 14.8 Å². The molecule has 0 aliphatic heterocycles. The van der Waals surface area contributed by atoms with Crippen molar-refractivity contribution >= 4 is 33.3 Å². The van der Waals surface area contributed by atoms with Crippen molar-refractivity contribution < 1.29 is 19.1 Å². The number of benzene rings is 1. The largest absolute Gasteiger partial charge is 0.490 e. The number of Topliss-reactive ketones (excluding diaryl/α,β-unsaturated/α-hetero) is 1. The van der Waals surface area contributed by atoms with Gasteiger partial charge < -0.3 is 14.8 Å². The van der Waals surface area contributed by atoms with Gasteiger partial charge in [-0.3, -0.25) is 9.59 Å². The summed E-state index contributed by atoms with van der Waals surface area (Å²) in [5.74, 6) is 0.795. The SMILES string of the molecule is CCCCOc1ccc(NC(=O)CC(=O)CBr)cc1OCCCC. The van der Waals surface area contributed by atoms with Crippen molar-refractivity contribution in [1.29, 1.82) is 0 Å². The Labute approximate surface area is 152 Å². The number of anilines is 1. The summed E-state index contributed by atoms with van der Waals surface area (Å²) in [6, 6.07) is 5.29. The zero-order valence-corrected chi connectivity index (χ0v) is 16.0. The van der Waals surface area contributed by atoms with Crippen LogP contribution in [0.3, 0.4) is 0 Å². The molecular formula is C18H26BrNO4. The van der Waals surface area contributed by atoms with Gasteiger partial charge in [0.1, 0.15) is 0 Å². The third kappa shape index (κ3) is 7.81. The second kappa shape index (κ2) is 11.9. The number of ether oxygens (including phenoxy) is 2. The number of unbranched alkanes of at least 4 members (excludes halogenated alkanes) is 2. The Hall–Kier alpha value is -1.56. The zero-order chi connectivity index (χ0) is 17.8. The number of halogens is 1. The van der Waals surface area contributed by atoms with Crippen LogP contribution in [0.25, 0.3) is 0 Å². The number of carbonyl (C=O) groups excluding carboxylic acids is 2. The molecule has 24 heavy (non-hydrogen) atoms. The Morgan fingerprint density at radius 2 is 1.67 bits per heavy atom. The van der Waals surface area contributed by atoms with Crippen LogP contribution in [0.5, 0.6) is 11.5 Å². The molecule has 1 amide bonds.